The molecular formula is C18H19NO3S. The van der Waals surface area contributed by atoms with Gasteiger partial charge in [-0.25, -0.2) is 0 Å². The molecule has 23 heavy (non-hydrogen) atoms. The average molecular weight is 329 g/mol. The Balaban J connectivity index is 1.80. The van der Waals surface area contributed by atoms with E-state index in [-0.39, 0.29) is 24.3 Å². The topological polar surface area (TPSA) is 57.6 Å². The third kappa shape index (κ3) is 3.15. The smallest absolute Gasteiger partial charge is 0.308 e. The van der Waals surface area contributed by atoms with E-state index < -0.39 is 11.9 Å². The standard InChI is InChI=1S/C18H19NO3S/c1-12(16-8-5-9-23-16)17(20)19-10-14(15(11-19)18(21)22)13-6-3-2-4-7-13/h2-9,12,14-15H,10-11H2,1H3,(H,21,22)/t12?,14-,15-/m0/s1. The molecule has 1 N–H and O–H groups in total. The van der Waals surface area contributed by atoms with Crippen molar-refractivity contribution >= 4 is 23.2 Å². The highest BCUT2D eigenvalue weighted by Crippen LogP contribution is 2.35. The molecule has 0 aliphatic carbocycles. The third-order valence-corrected chi connectivity index (χ3v) is 5.57. The quantitative estimate of drug-likeness (QED) is 0.937. The summed E-state index contributed by atoms with van der Waals surface area (Å²) in [5.74, 6) is -1.74. The number of likely N-dealkylation sites (tertiary alicyclic amines) is 1. The minimum absolute atomic E-state index is 0.0112. The number of hydrogen-bond donors (Lipinski definition) is 1. The SMILES string of the molecule is CC(C(=O)N1C[C@H](C(=O)O)[C@H](c2ccccc2)C1)c1cccs1. The van der Waals surface area contributed by atoms with Gasteiger partial charge in [0.25, 0.3) is 0 Å². The second kappa shape index (κ2) is 6.54. The lowest BCUT2D eigenvalue weighted by Crippen LogP contribution is -2.33. The van der Waals surface area contributed by atoms with Crippen molar-refractivity contribution in [3.05, 3.63) is 58.3 Å². The molecule has 120 valence electrons. The van der Waals surface area contributed by atoms with Gasteiger partial charge in [0.2, 0.25) is 5.91 Å². The van der Waals surface area contributed by atoms with Crippen LogP contribution in [0.15, 0.2) is 47.8 Å². The number of carboxylic acids is 1. The number of carboxylic acid groups (broad SMARTS) is 1. The van der Waals surface area contributed by atoms with E-state index in [1.165, 1.54) is 0 Å². The highest BCUT2D eigenvalue weighted by atomic mass is 32.1. The molecule has 1 amide bonds. The number of aliphatic carboxylic acids is 1. The zero-order chi connectivity index (χ0) is 16.4. The Labute approximate surface area is 139 Å². The molecule has 0 bridgehead atoms. The average Bonchev–Trinajstić information content (AvgIpc) is 3.24. The van der Waals surface area contributed by atoms with Crippen LogP contribution in [-0.2, 0) is 9.59 Å². The lowest BCUT2D eigenvalue weighted by molar-refractivity contribution is -0.141. The zero-order valence-electron chi connectivity index (χ0n) is 12.9. The second-order valence-corrected chi connectivity index (χ2v) is 6.92. The maximum atomic E-state index is 12.7. The monoisotopic (exact) mass is 329 g/mol. The Bertz CT molecular complexity index is 684. The minimum atomic E-state index is -0.835. The molecular weight excluding hydrogens is 310 g/mol. The van der Waals surface area contributed by atoms with Crippen LogP contribution in [-0.4, -0.2) is 35.0 Å². The summed E-state index contributed by atoms with van der Waals surface area (Å²) in [6.07, 6.45) is 0. The van der Waals surface area contributed by atoms with Crippen LogP contribution in [0.2, 0.25) is 0 Å². The van der Waals surface area contributed by atoms with Crippen molar-refractivity contribution in [2.45, 2.75) is 18.8 Å². The van der Waals surface area contributed by atoms with E-state index >= 15 is 0 Å². The molecule has 0 radical (unpaired) electrons. The van der Waals surface area contributed by atoms with Crippen LogP contribution < -0.4 is 0 Å². The van der Waals surface area contributed by atoms with Crippen molar-refractivity contribution in [2.24, 2.45) is 5.92 Å². The van der Waals surface area contributed by atoms with E-state index in [1.807, 2.05) is 54.8 Å². The predicted molar refractivity (Wildman–Crippen MR) is 89.6 cm³/mol. The van der Waals surface area contributed by atoms with Crippen LogP contribution in [0.5, 0.6) is 0 Å². The lowest BCUT2D eigenvalue weighted by atomic mass is 9.89. The van der Waals surface area contributed by atoms with Gasteiger partial charge in [0.05, 0.1) is 11.8 Å². The Hall–Kier alpha value is -2.14. The number of carbonyl (C=O) groups excluding carboxylic acids is 1. The van der Waals surface area contributed by atoms with Gasteiger partial charge in [-0.05, 0) is 23.9 Å². The first-order valence-corrected chi connectivity index (χ1v) is 8.56. The first-order chi connectivity index (χ1) is 11.1. The Morgan fingerprint density at radius 1 is 1.17 bits per heavy atom. The maximum absolute atomic E-state index is 12.7. The van der Waals surface area contributed by atoms with Crippen molar-refractivity contribution in [2.75, 3.05) is 13.1 Å². The van der Waals surface area contributed by atoms with Gasteiger partial charge < -0.3 is 10.0 Å². The molecule has 1 aromatic heterocycles. The molecule has 1 aromatic carbocycles. The van der Waals surface area contributed by atoms with Crippen molar-refractivity contribution in [1.29, 1.82) is 0 Å². The predicted octanol–water partition coefficient (Wildman–Crippen LogP) is 3.18. The van der Waals surface area contributed by atoms with Gasteiger partial charge in [0, 0.05) is 23.9 Å². The molecule has 0 saturated carbocycles. The number of hydrogen-bond acceptors (Lipinski definition) is 3. The van der Waals surface area contributed by atoms with E-state index in [9.17, 15) is 14.7 Å². The molecule has 3 rings (SSSR count). The van der Waals surface area contributed by atoms with E-state index in [4.69, 9.17) is 0 Å². The van der Waals surface area contributed by atoms with Gasteiger partial charge in [-0.1, -0.05) is 36.4 Å². The zero-order valence-corrected chi connectivity index (χ0v) is 13.7. The van der Waals surface area contributed by atoms with Gasteiger partial charge in [0.15, 0.2) is 0 Å². The second-order valence-electron chi connectivity index (χ2n) is 5.94. The fraction of sp³-hybridized carbons (Fsp3) is 0.333. The summed E-state index contributed by atoms with van der Waals surface area (Å²) in [5.41, 5.74) is 0.985. The molecule has 2 aromatic rings. The number of carbonyl (C=O) groups is 2. The molecule has 1 unspecified atom stereocenters. The third-order valence-electron chi connectivity index (χ3n) is 4.52. The highest BCUT2D eigenvalue weighted by molar-refractivity contribution is 7.10. The van der Waals surface area contributed by atoms with E-state index in [0.29, 0.717) is 6.54 Å². The van der Waals surface area contributed by atoms with Gasteiger partial charge in [0.1, 0.15) is 0 Å². The molecule has 5 heteroatoms. The summed E-state index contributed by atoms with van der Waals surface area (Å²) >= 11 is 1.56. The van der Waals surface area contributed by atoms with E-state index in [1.54, 1.807) is 16.2 Å². The molecule has 1 aliphatic heterocycles. The molecule has 3 atom stereocenters. The Morgan fingerprint density at radius 2 is 1.91 bits per heavy atom. The molecule has 0 spiro atoms. The van der Waals surface area contributed by atoms with Crippen LogP contribution in [0.4, 0.5) is 0 Å². The first kappa shape index (κ1) is 15.7. The fourth-order valence-electron chi connectivity index (χ4n) is 3.21. The van der Waals surface area contributed by atoms with E-state index in [2.05, 4.69) is 0 Å². The van der Waals surface area contributed by atoms with Gasteiger partial charge in [-0.3, -0.25) is 9.59 Å². The fourth-order valence-corrected chi connectivity index (χ4v) is 3.98. The number of nitrogens with zero attached hydrogens (tertiary/aromatic N) is 1. The van der Waals surface area contributed by atoms with Gasteiger partial charge >= 0.3 is 5.97 Å². The van der Waals surface area contributed by atoms with Gasteiger partial charge in [-0.15, -0.1) is 11.3 Å². The van der Waals surface area contributed by atoms with Crippen LogP contribution in [0.3, 0.4) is 0 Å². The van der Waals surface area contributed by atoms with Crippen LogP contribution in [0.25, 0.3) is 0 Å². The van der Waals surface area contributed by atoms with Crippen molar-refractivity contribution in [1.82, 2.24) is 4.90 Å². The van der Waals surface area contributed by atoms with Crippen LogP contribution in [0, 0.1) is 5.92 Å². The van der Waals surface area contributed by atoms with Crippen molar-refractivity contribution in [3.63, 3.8) is 0 Å². The van der Waals surface area contributed by atoms with E-state index in [0.717, 1.165) is 10.4 Å². The number of rotatable bonds is 4. The molecule has 1 fully saturated rings. The lowest BCUT2D eigenvalue weighted by Gasteiger charge is -2.20. The maximum Gasteiger partial charge on any atom is 0.308 e. The summed E-state index contributed by atoms with van der Waals surface area (Å²) in [7, 11) is 0. The molecule has 1 aliphatic rings. The van der Waals surface area contributed by atoms with Gasteiger partial charge in [-0.2, -0.15) is 0 Å². The number of amides is 1. The minimum Gasteiger partial charge on any atom is -0.481 e. The summed E-state index contributed by atoms with van der Waals surface area (Å²) < 4.78 is 0. The number of thiophene rings is 1. The largest absolute Gasteiger partial charge is 0.481 e. The number of benzene rings is 1. The normalized spacial score (nSPS) is 22.0. The highest BCUT2D eigenvalue weighted by Gasteiger charge is 2.41. The first-order valence-electron chi connectivity index (χ1n) is 7.68. The van der Waals surface area contributed by atoms with Crippen molar-refractivity contribution < 1.29 is 14.7 Å². The summed E-state index contributed by atoms with van der Waals surface area (Å²) in [5, 5.41) is 11.5. The van der Waals surface area contributed by atoms with Crippen LogP contribution >= 0.6 is 11.3 Å². The Morgan fingerprint density at radius 3 is 2.52 bits per heavy atom. The Kier molecular flexibility index (Phi) is 4.48. The van der Waals surface area contributed by atoms with Crippen LogP contribution in [0.1, 0.15) is 29.2 Å². The molecule has 2 heterocycles. The summed E-state index contributed by atoms with van der Waals surface area (Å²) in [4.78, 5) is 27.1. The summed E-state index contributed by atoms with van der Waals surface area (Å²) in [6.45, 7) is 2.64. The molecule has 4 nitrogen and oxygen atoms in total. The summed E-state index contributed by atoms with van der Waals surface area (Å²) in [6, 6.07) is 13.5. The molecule has 1 saturated heterocycles. The van der Waals surface area contributed by atoms with Crippen molar-refractivity contribution in [3.8, 4) is 0 Å².